The molecule has 1 aromatic heterocycles. The van der Waals surface area contributed by atoms with Crippen LogP contribution < -0.4 is 25.6 Å². The predicted octanol–water partition coefficient (Wildman–Crippen LogP) is 0.490. The van der Waals surface area contributed by atoms with Crippen LogP contribution in [0.2, 0.25) is 0 Å². The van der Waals surface area contributed by atoms with Crippen LogP contribution in [0.15, 0.2) is 34.9 Å². The van der Waals surface area contributed by atoms with Crippen LogP contribution in [0, 0.1) is 0 Å². The molecular formula is C16H22N6O5S. The summed E-state index contributed by atoms with van der Waals surface area (Å²) in [6, 6.07) is 6.53. The number of carbonyl (C=O) groups excluding carboxylic acids is 1. The van der Waals surface area contributed by atoms with Crippen molar-refractivity contribution in [2.75, 3.05) is 25.3 Å². The molecule has 0 atom stereocenters. The molecule has 28 heavy (non-hydrogen) atoms. The summed E-state index contributed by atoms with van der Waals surface area (Å²) in [6.45, 7) is 1.45. The molecule has 0 saturated heterocycles. The van der Waals surface area contributed by atoms with Crippen molar-refractivity contribution in [2.45, 2.75) is 6.92 Å². The smallest absolute Gasteiger partial charge is 0.290 e. The van der Waals surface area contributed by atoms with Gasteiger partial charge in [0.2, 0.25) is 5.96 Å². The van der Waals surface area contributed by atoms with Gasteiger partial charge in [-0.1, -0.05) is 6.07 Å². The minimum atomic E-state index is -3.78. The fraction of sp³-hybridized carbons (Fsp3) is 0.312. The van der Waals surface area contributed by atoms with Crippen LogP contribution in [0.5, 0.6) is 11.5 Å². The number of nitrogens with one attached hydrogen (secondary N) is 3. The molecule has 0 bridgehead atoms. The van der Waals surface area contributed by atoms with Gasteiger partial charge in [0.1, 0.15) is 17.2 Å². The number of methoxy groups -OCH3 is 2. The monoisotopic (exact) mass is 410 g/mol. The van der Waals surface area contributed by atoms with E-state index < -0.39 is 15.9 Å². The fourth-order valence-corrected chi connectivity index (χ4v) is 2.59. The molecular weight excluding hydrogens is 388 g/mol. The minimum Gasteiger partial charge on any atom is -0.494 e. The molecule has 0 aliphatic rings. The van der Waals surface area contributed by atoms with Gasteiger partial charge >= 0.3 is 0 Å². The van der Waals surface area contributed by atoms with Gasteiger partial charge in [-0.05, 0) is 25.1 Å². The number of ether oxygens (including phenoxy) is 2. The molecule has 0 unspecified atom stereocenters. The molecule has 1 aromatic carbocycles. The molecule has 152 valence electrons. The van der Waals surface area contributed by atoms with E-state index in [2.05, 4.69) is 25.7 Å². The van der Waals surface area contributed by atoms with Gasteiger partial charge in [0, 0.05) is 13.2 Å². The Morgan fingerprint density at radius 2 is 1.82 bits per heavy atom. The SMILES string of the molecule is CCS(=O)(=O)N=C(NNC(=O)c1ccn(C)n1)Nc1c(OC)cccc1OC. The number of carbonyl (C=O) groups is 1. The van der Waals surface area contributed by atoms with Crippen molar-refractivity contribution in [1.82, 2.24) is 20.6 Å². The van der Waals surface area contributed by atoms with E-state index in [0.29, 0.717) is 17.2 Å². The Balaban J connectivity index is 2.30. The second kappa shape index (κ2) is 9.08. The van der Waals surface area contributed by atoms with Gasteiger partial charge in [0.25, 0.3) is 15.9 Å². The lowest BCUT2D eigenvalue weighted by atomic mass is 10.2. The van der Waals surface area contributed by atoms with Gasteiger partial charge < -0.3 is 14.8 Å². The number of hydrazine groups is 1. The standard InChI is InChI=1S/C16H22N6O5S/c1-5-28(24,25)21-16(19-18-15(23)11-9-10-22(2)20-11)17-14-12(26-3)7-6-8-13(14)27-4/h6-10H,5H2,1-4H3,(H,18,23)(H2,17,19,21). The lowest BCUT2D eigenvalue weighted by molar-refractivity contribution is 0.0938. The van der Waals surface area contributed by atoms with E-state index in [1.165, 1.54) is 31.9 Å². The lowest BCUT2D eigenvalue weighted by Crippen LogP contribution is -2.45. The first-order valence-corrected chi connectivity index (χ1v) is 9.77. The zero-order valence-corrected chi connectivity index (χ0v) is 16.7. The Morgan fingerprint density at radius 3 is 2.32 bits per heavy atom. The molecule has 3 N–H and O–H groups in total. The van der Waals surface area contributed by atoms with Crippen molar-refractivity contribution in [1.29, 1.82) is 0 Å². The minimum absolute atomic E-state index is 0.141. The Hall–Kier alpha value is -3.28. The van der Waals surface area contributed by atoms with Crippen molar-refractivity contribution in [3.8, 4) is 11.5 Å². The van der Waals surface area contributed by atoms with E-state index in [1.807, 2.05) is 0 Å². The fourth-order valence-electron chi connectivity index (χ4n) is 2.09. The third kappa shape index (κ3) is 5.36. The summed E-state index contributed by atoms with van der Waals surface area (Å²) in [5, 5.41) is 6.75. The summed E-state index contributed by atoms with van der Waals surface area (Å²) in [4.78, 5) is 12.2. The summed E-state index contributed by atoms with van der Waals surface area (Å²) in [6.07, 6.45) is 1.60. The highest BCUT2D eigenvalue weighted by atomic mass is 32.2. The Morgan fingerprint density at radius 1 is 1.18 bits per heavy atom. The second-order valence-electron chi connectivity index (χ2n) is 5.43. The Bertz CT molecular complexity index is 947. The summed E-state index contributed by atoms with van der Waals surface area (Å²) in [5.41, 5.74) is 5.29. The van der Waals surface area contributed by atoms with Crippen molar-refractivity contribution >= 4 is 27.6 Å². The molecule has 2 rings (SSSR count). The van der Waals surface area contributed by atoms with Gasteiger partial charge in [0.15, 0.2) is 5.69 Å². The molecule has 0 radical (unpaired) electrons. The van der Waals surface area contributed by atoms with Gasteiger partial charge in [-0.2, -0.15) is 5.10 Å². The van der Waals surface area contributed by atoms with E-state index in [-0.39, 0.29) is 17.4 Å². The topological polar surface area (TPSA) is 136 Å². The molecule has 1 amide bonds. The van der Waals surface area contributed by atoms with Gasteiger partial charge in [-0.25, -0.2) is 8.42 Å². The zero-order valence-electron chi connectivity index (χ0n) is 15.9. The summed E-state index contributed by atoms with van der Waals surface area (Å²) < 4.78 is 39.6. The summed E-state index contributed by atoms with van der Waals surface area (Å²) >= 11 is 0. The normalized spacial score (nSPS) is 11.6. The van der Waals surface area contributed by atoms with Crippen molar-refractivity contribution in [3.05, 3.63) is 36.2 Å². The number of para-hydroxylation sites is 1. The Labute approximate surface area is 162 Å². The van der Waals surface area contributed by atoms with E-state index in [1.54, 1.807) is 31.4 Å². The molecule has 0 spiro atoms. The van der Waals surface area contributed by atoms with Crippen molar-refractivity contribution < 1.29 is 22.7 Å². The average Bonchev–Trinajstić information content (AvgIpc) is 3.12. The number of sulfonamides is 1. The van der Waals surface area contributed by atoms with E-state index in [0.717, 1.165) is 0 Å². The van der Waals surface area contributed by atoms with Crippen LogP contribution in [0.4, 0.5) is 5.69 Å². The molecule has 0 fully saturated rings. The number of guanidine groups is 1. The van der Waals surface area contributed by atoms with Gasteiger partial charge in [0.05, 0.1) is 20.0 Å². The number of amides is 1. The van der Waals surface area contributed by atoms with E-state index >= 15 is 0 Å². The first-order valence-electron chi connectivity index (χ1n) is 8.16. The number of hydrogen-bond donors (Lipinski definition) is 3. The van der Waals surface area contributed by atoms with Crippen LogP contribution in [0.25, 0.3) is 0 Å². The summed E-state index contributed by atoms with van der Waals surface area (Å²) in [7, 11) is 0.799. The van der Waals surface area contributed by atoms with E-state index in [4.69, 9.17) is 9.47 Å². The quantitative estimate of drug-likeness (QED) is 0.356. The lowest BCUT2D eigenvalue weighted by Gasteiger charge is -2.17. The number of hydrogen-bond acceptors (Lipinski definition) is 6. The van der Waals surface area contributed by atoms with Gasteiger partial charge in [-0.3, -0.25) is 20.3 Å². The first-order chi connectivity index (χ1) is 13.3. The highest BCUT2D eigenvalue weighted by Crippen LogP contribution is 2.34. The molecule has 2 aromatic rings. The molecule has 0 aliphatic carbocycles. The van der Waals surface area contributed by atoms with Gasteiger partial charge in [-0.15, -0.1) is 4.40 Å². The predicted molar refractivity (Wildman–Crippen MR) is 104 cm³/mol. The first kappa shape index (κ1) is 21.0. The number of aromatic nitrogens is 2. The Kier molecular flexibility index (Phi) is 6.82. The maximum atomic E-state index is 12.2. The number of nitrogens with zero attached hydrogens (tertiary/aromatic N) is 3. The van der Waals surface area contributed by atoms with Crippen molar-refractivity contribution in [3.63, 3.8) is 0 Å². The number of rotatable bonds is 6. The maximum Gasteiger partial charge on any atom is 0.290 e. The number of anilines is 1. The molecule has 12 heteroatoms. The molecule has 11 nitrogen and oxygen atoms in total. The van der Waals surface area contributed by atoms with Crippen LogP contribution >= 0.6 is 0 Å². The number of benzene rings is 1. The third-order valence-electron chi connectivity index (χ3n) is 3.51. The largest absolute Gasteiger partial charge is 0.494 e. The highest BCUT2D eigenvalue weighted by Gasteiger charge is 2.16. The van der Waals surface area contributed by atoms with Crippen LogP contribution in [-0.2, 0) is 17.1 Å². The zero-order chi connectivity index (χ0) is 20.7. The second-order valence-corrected chi connectivity index (χ2v) is 7.35. The third-order valence-corrected chi connectivity index (χ3v) is 4.70. The van der Waals surface area contributed by atoms with E-state index in [9.17, 15) is 13.2 Å². The van der Waals surface area contributed by atoms with Crippen LogP contribution in [0.3, 0.4) is 0 Å². The summed E-state index contributed by atoms with van der Waals surface area (Å²) in [5.74, 6) is -0.264. The van der Waals surface area contributed by atoms with Crippen LogP contribution in [-0.4, -0.2) is 50.0 Å². The molecule has 0 saturated carbocycles. The molecule has 0 aliphatic heterocycles. The van der Waals surface area contributed by atoms with Crippen LogP contribution in [0.1, 0.15) is 17.4 Å². The van der Waals surface area contributed by atoms with Crippen molar-refractivity contribution in [2.24, 2.45) is 11.4 Å². The maximum absolute atomic E-state index is 12.2. The highest BCUT2D eigenvalue weighted by molar-refractivity contribution is 7.90. The number of aryl methyl sites for hydroxylation is 1. The molecule has 1 heterocycles. The average molecular weight is 410 g/mol.